The van der Waals surface area contributed by atoms with E-state index in [9.17, 15) is 26.4 Å². The highest BCUT2D eigenvalue weighted by atomic mass is 35.5. The molecular formula is C65H91Cl4N7O12S2. The van der Waals surface area contributed by atoms with Crippen molar-refractivity contribution in [2.45, 2.75) is 157 Å². The predicted molar refractivity (Wildman–Crippen MR) is 353 cm³/mol. The van der Waals surface area contributed by atoms with E-state index in [1.54, 1.807) is 36.4 Å². The molecule has 498 valence electrons. The van der Waals surface area contributed by atoms with E-state index in [2.05, 4.69) is 25.2 Å². The van der Waals surface area contributed by atoms with E-state index in [0.29, 0.717) is 114 Å². The number of rotatable bonds is 35. The number of halogens is 4. The number of ether oxygens (including phenoxy) is 6. The van der Waals surface area contributed by atoms with Crippen LogP contribution in [0.15, 0.2) is 58.3 Å². The fourth-order valence-corrected chi connectivity index (χ4v) is 16.5. The van der Waals surface area contributed by atoms with Crippen LogP contribution in [0.4, 0.5) is 4.79 Å². The molecule has 4 aliphatic rings. The van der Waals surface area contributed by atoms with Crippen LogP contribution in [0.5, 0.6) is 11.5 Å². The number of urea groups is 1. The second-order valence-electron chi connectivity index (χ2n) is 24.3. The number of nitrogens with two attached hydrogens (primary N) is 2. The standard InChI is InChI=1S/C65H91Cl4N7O12S2/c1-42-30-51(31-43(2)61(42)87-63-55-34-46(66)36-57(68)53(55)38-59(63)75-19-8-12-48(70)40-75)89(79,80)29-11-22-84-26-27-85-23-17-73-65(78)72-16-7-5-6-14-50(77)15-10-21-83-25-28-86-24-18-74-90(81,82)52-32-44(3)62(45(4)33-52)88-64-56-35-47(67)37-58(69)54(56)39-60(64)76-20-9-13-49(71)41-76/h30-37,48-49,59-60,63-64,74H,5-29,38-41,70-71H2,1-4H3,(H2,72,73,78)/t48-,49-,59+,60+,63+,64+/m1/s1. The van der Waals surface area contributed by atoms with Gasteiger partial charge in [0.25, 0.3) is 0 Å². The lowest BCUT2D eigenvalue weighted by atomic mass is 10.0. The fourth-order valence-electron chi connectivity index (χ4n) is 12.7. The minimum absolute atomic E-state index is 0.0000608. The number of Topliss-reactive ketones (excluding diaryl/α,β-unsaturated/α-hetero) is 1. The first-order chi connectivity index (χ1) is 43.1. The summed E-state index contributed by atoms with van der Waals surface area (Å²) in [5.41, 5.74) is 19.5. The molecule has 2 aliphatic carbocycles. The number of amides is 2. The first kappa shape index (κ1) is 72.0. The molecule has 2 aliphatic heterocycles. The number of carbonyl (C=O) groups is 2. The van der Waals surface area contributed by atoms with Gasteiger partial charge in [0.2, 0.25) is 10.0 Å². The smallest absolute Gasteiger partial charge is 0.314 e. The minimum Gasteiger partial charge on any atom is -0.484 e. The third-order valence-corrected chi connectivity index (χ3v) is 21.5. The molecule has 4 aromatic carbocycles. The molecule has 25 heteroatoms. The van der Waals surface area contributed by atoms with E-state index in [0.717, 1.165) is 105 Å². The van der Waals surface area contributed by atoms with E-state index < -0.39 is 19.9 Å². The van der Waals surface area contributed by atoms with Gasteiger partial charge in [-0.1, -0.05) is 52.8 Å². The zero-order valence-corrected chi connectivity index (χ0v) is 57.0. The van der Waals surface area contributed by atoms with Crippen LogP contribution in [0.3, 0.4) is 0 Å². The Morgan fingerprint density at radius 1 is 0.544 bits per heavy atom. The second kappa shape index (κ2) is 34.5. The molecule has 2 fully saturated rings. The predicted octanol–water partition coefficient (Wildman–Crippen LogP) is 9.89. The summed E-state index contributed by atoms with van der Waals surface area (Å²) in [6.07, 6.45) is 8.69. The van der Waals surface area contributed by atoms with Gasteiger partial charge < -0.3 is 50.5 Å². The van der Waals surface area contributed by atoms with Crippen molar-refractivity contribution in [1.29, 1.82) is 0 Å². The SMILES string of the molecule is Cc1cc(S(=O)(=O)CCCOCCOCCNC(=O)NCCCCCC(=O)CCCOCCOCCNS(=O)(=O)c2cc(C)c(O[C@H]3c4cc(Cl)cc(Cl)c4C[C@@H]3N3CCC[C@@H](N)C3)c(C)c2)cc(C)c1O[C@H]1c2cc(Cl)cc(Cl)c2C[C@@H]1N1CCC[C@@H](N)C1. The maximum Gasteiger partial charge on any atom is 0.314 e. The van der Waals surface area contributed by atoms with Crippen molar-refractivity contribution in [3.8, 4) is 11.5 Å². The number of piperidine rings is 2. The number of hydrogen-bond donors (Lipinski definition) is 5. The summed E-state index contributed by atoms with van der Waals surface area (Å²) in [4.78, 5) is 29.8. The Hall–Kier alpha value is -3.88. The van der Waals surface area contributed by atoms with Crippen LogP contribution in [0.25, 0.3) is 0 Å². The van der Waals surface area contributed by atoms with Crippen LogP contribution in [0.2, 0.25) is 20.1 Å². The lowest BCUT2D eigenvalue weighted by Gasteiger charge is -2.38. The topological polar surface area (TPSA) is 252 Å². The Labute approximate surface area is 552 Å². The number of ketones is 1. The van der Waals surface area contributed by atoms with Crippen molar-refractivity contribution in [3.05, 3.63) is 113 Å². The molecule has 0 saturated carbocycles. The third-order valence-electron chi connectivity index (χ3n) is 17.1. The number of fused-ring (bicyclic) bond motifs is 2. The summed E-state index contributed by atoms with van der Waals surface area (Å²) in [5, 5.41) is 7.87. The lowest BCUT2D eigenvalue weighted by molar-refractivity contribution is -0.119. The van der Waals surface area contributed by atoms with Gasteiger partial charge >= 0.3 is 6.03 Å². The largest absolute Gasteiger partial charge is 0.484 e. The maximum atomic E-state index is 13.5. The molecular weight excluding hydrogens is 1280 g/mol. The fraction of sp³-hybridized carbons (Fsp3) is 0.600. The van der Waals surface area contributed by atoms with Gasteiger partial charge in [0.05, 0.1) is 67.3 Å². The second-order valence-corrected chi connectivity index (χ2v) is 29.8. The summed E-state index contributed by atoms with van der Waals surface area (Å²) >= 11 is 26.4. The number of hydrogen-bond acceptors (Lipinski definition) is 16. The molecule has 2 amide bonds. The van der Waals surface area contributed by atoms with Crippen LogP contribution >= 0.6 is 46.4 Å². The van der Waals surface area contributed by atoms with E-state index in [1.165, 1.54) is 0 Å². The lowest BCUT2D eigenvalue weighted by Crippen LogP contribution is -2.49. The number of aryl methyl sites for hydroxylation is 4. The van der Waals surface area contributed by atoms with E-state index >= 15 is 0 Å². The summed E-state index contributed by atoms with van der Waals surface area (Å²) in [7, 11) is -7.45. The first-order valence-corrected chi connectivity index (χ1v) is 36.3. The van der Waals surface area contributed by atoms with Gasteiger partial charge in [0.1, 0.15) is 29.5 Å². The number of unbranched alkanes of at least 4 members (excludes halogenated alkanes) is 2. The molecule has 8 rings (SSSR count). The average molecular weight is 1370 g/mol. The van der Waals surface area contributed by atoms with Crippen LogP contribution in [-0.2, 0) is 56.4 Å². The normalized spacial score (nSPS) is 20.5. The summed E-state index contributed by atoms with van der Waals surface area (Å²) in [6.45, 7) is 13.9. The Bertz CT molecular complexity index is 3050. The maximum absolute atomic E-state index is 13.5. The molecule has 2 saturated heterocycles. The van der Waals surface area contributed by atoms with Gasteiger partial charge in [-0.25, -0.2) is 26.4 Å². The number of sulfone groups is 1. The van der Waals surface area contributed by atoms with Gasteiger partial charge in [-0.05, 0) is 187 Å². The van der Waals surface area contributed by atoms with E-state index in [4.69, 9.17) is 86.3 Å². The zero-order chi connectivity index (χ0) is 64.5. The van der Waals surface area contributed by atoms with Crippen LogP contribution in [0, 0.1) is 27.7 Å². The molecule has 7 N–H and O–H groups in total. The number of nitrogens with zero attached hydrogens (tertiary/aromatic N) is 2. The zero-order valence-electron chi connectivity index (χ0n) is 52.4. The summed E-state index contributed by atoms with van der Waals surface area (Å²) in [5.74, 6) is 1.34. The van der Waals surface area contributed by atoms with Crippen molar-refractivity contribution in [2.24, 2.45) is 11.5 Å². The molecule has 6 atom stereocenters. The highest BCUT2D eigenvalue weighted by molar-refractivity contribution is 7.91. The third kappa shape index (κ3) is 20.3. The number of nitrogens with one attached hydrogen (secondary N) is 3. The molecule has 2 heterocycles. The molecule has 0 spiro atoms. The monoisotopic (exact) mass is 1370 g/mol. The van der Waals surface area contributed by atoms with Crippen LogP contribution < -0.4 is 36.3 Å². The number of benzene rings is 4. The molecule has 0 bridgehead atoms. The first-order valence-electron chi connectivity index (χ1n) is 31.7. The van der Waals surface area contributed by atoms with E-state index in [-0.39, 0.29) is 103 Å². The van der Waals surface area contributed by atoms with Gasteiger partial charge in [-0.15, -0.1) is 0 Å². The summed E-state index contributed by atoms with van der Waals surface area (Å²) in [6, 6.07) is 13.8. The van der Waals surface area contributed by atoms with Crippen LogP contribution in [-0.4, -0.2) is 167 Å². The molecule has 19 nitrogen and oxygen atoms in total. The van der Waals surface area contributed by atoms with E-state index in [1.807, 2.05) is 39.8 Å². The highest BCUT2D eigenvalue weighted by Crippen LogP contribution is 2.46. The van der Waals surface area contributed by atoms with Crippen molar-refractivity contribution < 1.29 is 54.8 Å². The van der Waals surface area contributed by atoms with Gasteiger partial charge in [-0.3, -0.25) is 14.6 Å². The van der Waals surface area contributed by atoms with Crippen molar-refractivity contribution in [2.75, 3.05) is 104 Å². The Morgan fingerprint density at radius 3 is 1.51 bits per heavy atom. The Morgan fingerprint density at radius 2 is 1.00 bits per heavy atom. The number of carbonyl (C=O) groups excluding carboxylic acids is 2. The molecule has 90 heavy (non-hydrogen) atoms. The van der Waals surface area contributed by atoms with Gasteiger partial charge in [-0.2, -0.15) is 0 Å². The Balaban J connectivity index is 0.602. The highest BCUT2D eigenvalue weighted by Gasteiger charge is 2.43. The number of sulfonamides is 1. The quantitative estimate of drug-likeness (QED) is 0.0269. The molecule has 0 radical (unpaired) electrons. The molecule has 4 aromatic rings. The average Bonchev–Trinajstić information content (AvgIpc) is 1.65. The summed E-state index contributed by atoms with van der Waals surface area (Å²) < 4.78 is 92.4. The Kier molecular flexibility index (Phi) is 27.6. The van der Waals surface area contributed by atoms with Crippen molar-refractivity contribution in [1.82, 2.24) is 25.2 Å². The van der Waals surface area contributed by atoms with Crippen molar-refractivity contribution >= 4 is 78.1 Å². The molecule has 0 aromatic heterocycles. The van der Waals surface area contributed by atoms with Crippen molar-refractivity contribution in [3.63, 3.8) is 0 Å². The van der Waals surface area contributed by atoms with Gasteiger partial charge in [0, 0.05) is 102 Å². The molecule has 0 unspecified atom stereocenters. The van der Waals surface area contributed by atoms with Crippen LogP contribution in [0.1, 0.15) is 127 Å². The number of likely N-dealkylation sites (tertiary alicyclic amines) is 2. The van der Waals surface area contributed by atoms with Gasteiger partial charge in [0.15, 0.2) is 9.84 Å². The minimum atomic E-state index is -3.84.